The van der Waals surface area contributed by atoms with Gasteiger partial charge in [0.2, 0.25) is 0 Å². The van der Waals surface area contributed by atoms with E-state index in [1.165, 1.54) is 18.3 Å². The molecule has 136 valence electrons. The summed E-state index contributed by atoms with van der Waals surface area (Å²) in [5.41, 5.74) is 2.59. The van der Waals surface area contributed by atoms with Gasteiger partial charge in [0, 0.05) is 13.2 Å². The van der Waals surface area contributed by atoms with Crippen molar-refractivity contribution in [1.82, 2.24) is 29.3 Å². The van der Waals surface area contributed by atoms with E-state index in [9.17, 15) is 9.18 Å². The van der Waals surface area contributed by atoms with Crippen molar-refractivity contribution in [1.29, 1.82) is 0 Å². The van der Waals surface area contributed by atoms with Crippen molar-refractivity contribution in [3.63, 3.8) is 0 Å². The van der Waals surface area contributed by atoms with Crippen LogP contribution in [-0.4, -0.2) is 42.2 Å². The van der Waals surface area contributed by atoms with Crippen molar-refractivity contribution >= 4 is 11.6 Å². The lowest BCUT2D eigenvalue weighted by atomic mass is 10.2. The first-order valence-corrected chi connectivity index (χ1v) is 8.39. The molecule has 0 bridgehead atoms. The van der Waals surface area contributed by atoms with Gasteiger partial charge >= 0.3 is 0 Å². The molecule has 0 aliphatic rings. The number of hydrogen-bond acceptors (Lipinski definition) is 4. The number of halogens is 1. The van der Waals surface area contributed by atoms with Gasteiger partial charge < -0.3 is 4.90 Å². The number of carbonyl (C=O) groups excluding carboxylic acids is 1. The zero-order chi connectivity index (χ0) is 19.0. The van der Waals surface area contributed by atoms with Crippen molar-refractivity contribution < 1.29 is 9.18 Å². The van der Waals surface area contributed by atoms with Gasteiger partial charge in [0.25, 0.3) is 5.91 Å². The molecule has 0 radical (unpaired) electrons. The number of nitrogens with zero attached hydrogens (tertiary/aromatic N) is 6. The van der Waals surface area contributed by atoms with Crippen LogP contribution in [0.2, 0.25) is 0 Å². The molecule has 0 aliphatic heterocycles. The number of carbonyl (C=O) groups is 1. The molecular weight excluding hydrogens is 347 g/mol. The standard InChI is InChI=1S/C19H17FN6O/c1-13-16(11-21-26(13)15-8-6-14(20)7-9-15)19(27)24(2)12-18-23-22-17-5-3-4-10-25(17)18/h3-11H,12H2,1-2H3. The topological polar surface area (TPSA) is 68.3 Å². The normalized spacial score (nSPS) is 11.1. The first kappa shape index (κ1) is 16.9. The van der Waals surface area contributed by atoms with Gasteiger partial charge in [-0.3, -0.25) is 9.20 Å². The molecule has 8 heteroatoms. The summed E-state index contributed by atoms with van der Waals surface area (Å²) in [6.07, 6.45) is 3.39. The van der Waals surface area contributed by atoms with Gasteiger partial charge in [-0.1, -0.05) is 6.07 Å². The molecule has 27 heavy (non-hydrogen) atoms. The summed E-state index contributed by atoms with van der Waals surface area (Å²) in [5.74, 6) is 0.179. The lowest BCUT2D eigenvalue weighted by molar-refractivity contribution is 0.0780. The van der Waals surface area contributed by atoms with E-state index >= 15 is 0 Å². The Bertz CT molecular complexity index is 1110. The van der Waals surface area contributed by atoms with Gasteiger partial charge in [-0.15, -0.1) is 10.2 Å². The van der Waals surface area contributed by atoms with E-state index in [1.54, 1.807) is 28.8 Å². The van der Waals surface area contributed by atoms with E-state index in [1.807, 2.05) is 35.7 Å². The number of pyridine rings is 1. The zero-order valence-corrected chi connectivity index (χ0v) is 14.9. The first-order chi connectivity index (χ1) is 13.0. The highest BCUT2D eigenvalue weighted by Gasteiger charge is 2.20. The molecule has 0 aliphatic carbocycles. The van der Waals surface area contributed by atoms with E-state index in [0.717, 1.165) is 5.65 Å². The largest absolute Gasteiger partial charge is 0.334 e. The molecule has 0 fully saturated rings. The molecule has 0 spiro atoms. The number of amides is 1. The minimum Gasteiger partial charge on any atom is -0.334 e. The van der Waals surface area contributed by atoms with E-state index < -0.39 is 0 Å². The molecule has 1 aromatic carbocycles. The van der Waals surface area contributed by atoms with Crippen LogP contribution in [0.5, 0.6) is 0 Å². The number of aromatic nitrogens is 5. The number of benzene rings is 1. The second-order valence-corrected chi connectivity index (χ2v) is 6.24. The summed E-state index contributed by atoms with van der Waals surface area (Å²) < 4.78 is 16.6. The molecule has 4 rings (SSSR count). The molecule has 0 saturated carbocycles. The first-order valence-electron chi connectivity index (χ1n) is 8.39. The highest BCUT2D eigenvalue weighted by molar-refractivity contribution is 5.95. The lowest BCUT2D eigenvalue weighted by Crippen LogP contribution is -2.27. The smallest absolute Gasteiger partial charge is 0.257 e. The Morgan fingerprint density at radius 3 is 2.70 bits per heavy atom. The predicted octanol–water partition coefficient (Wildman–Crippen LogP) is 2.63. The Balaban J connectivity index is 1.58. The molecule has 1 amide bonds. The number of hydrogen-bond donors (Lipinski definition) is 0. The Kier molecular flexibility index (Phi) is 4.15. The minimum absolute atomic E-state index is 0.173. The SMILES string of the molecule is Cc1c(C(=O)N(C)Cc2nnc3ccccn23)cnn1-c1ccc(F)cc1. The van der Waals surface area contributed by atoms with Crippen LogP contribution < -0.4 is 0 Å². The van der Waals surface area contributed by atoms with Crippen LogP contribution in [0.4, 0.5) is 4.39 Å². The van der Waals surface area contributed by atoms with Crippen LogP contribution in [0.1, 0.15) is 21.9 Å². The van der Waals surface area contributed by atoms with E-state index in [0.29, 0.717) is 29.3 Å². The van der Waals surface area contributed by atoms with Gasteiger partial charge in [-0.2, -0.15) is 5.10 Å². The summed E-state index contributed by atoms with van der Waals surface area (Å²) in [6, 6.07) is 11.6. The average molecular weight is 364 g/mol. The zero-order valence-electron chi connectivity index (χ0n) is 14.9. The molecule has 3 heterocycles. The molecular formula is C19H17FN6O. The molecule has 0 N–H and O–H groups in total. The summed E-state index contributed by atoms with van der Waals surface area (Å²) in [4.78, 5) is 14.5. The summed E-state index contributed by atoms with van der Waals surface area (Å²) in [5, 5.41) is 12.5. The molecule has 0 atom stereocenters. The van der Waals surface area contributed by atoms with Gasteiger partial charge in [-0.05, 0) is 43.3 Å². The fourth-order valence-corrected chi connectivity index (χ4v) is 2.95. The van der Waals surface area contributed by atoms with E-state index in [-0.39, 0.29) is 11.7 Å². The third kappa shape index (κ3) is 3.05. The Labute approximate surface area is 154 Å². The lowest BCUT2D eigenvalue weighted by Gasteiger charge is -2.16. The van der Waals surface area contributed by atoms with Gasteiger partial charge in [0.1, 0.15) is 5.82 Å². The predicted molar refractivity (Wildman–Crippen MR) is 97.0 cm³/mol. The maximum absolute atomic E-state index is 13.1. The van der Waals surface area contributed by atoms with Crippen LogP contribution in [0.3, 0.4) is 0 Å². The Morgan fingerprint density at radius 1 is 1.15 bits per heavy atom. The molecule has 0 unspecified atom stereocenters. The van der Waals surface area contributed by atoms with Crippen molar-refractivity contribution in [2.24, 2.45) is 0 Å². The highest BCUT2D eigenvalue weighted by atomic mass is 19.1. The Morgan fingerprint density at radius 2 is 1.93 bits per heavy atom. The molecule has 7 nitrogen and oxygen atoms in total. The van der Waals surface area contributed by atoms with Crippen LogP contribution in [-0.2, 0) is 6.54 Å². The van der Waals surface area contributed by atoms with Crippen LogP contribution in [0, 0.1) is 12.7 Å². The van der Waals surface area contributed by atoms with Crippen LogP contribution in [0.25, 0.3) is 11.3 Å². The second-order valence-electron chi connectivity index (χ2n) is 6.24. The third-order valence-corrected chi connectivity index (χ3v) is 4.42. The van der Waals surface area contributed by atoms with Crippen LogP contribution in [0.15, 0.2) is 54.9 Å². The number of rotatable bonds is 4. The fourth-order valence-electron chi connectivity index (χ4n) is 2.95. The monoisotopic (exact) mass is 364 g/mol. The van der Waals surface area contributed by atoms with E-state index in [2.05, 4.69) is 15.3 Å². The van der Waals surface area contributed by atoms with E-state index in [4.69, 9.17) is 0 Å². The summed E-state index contributed by atoms with van der Waals surface area (Å²) >= 11 is 0. The Hall–Kier alpha value is -3.55. The fraction of sp³-hybridized carbons (Fsp3) is 0.158. The van der Waals surface area contributed by atoms with Crippen molar-refractivity contribution in [3.8, 4) is 5.69 Å². The van der Waals surface area contributed by atoms with Crippen molar-refractivity contribution in [3.05, 3.63) is 77.8 Å². The summed E-state index contributed by atoms with van der Waals surface area (Å²) in [6.45, 7) is 2.12. The van der Waals surface area contributed by atoms with Crippen molar-refractivity contribution in [2.45, 2.75) is 13.5 Å². The third-order valence-electron chi connectivity index (χ3n) is 4.42. The maximum atomic E-state index is 13.1. The quantitative estimate of drug-likeness (QED) is 0.558. The van der Waals surface area contributed by atoms with Gasteiger partial charge in [0.15, 0.2) is 11.5 Å². The van der Waals surface area contributed by atoms with Gasteiger partial charge in [0.05, 0.1) is 29.7 Å². The molecule has 4 aromatic rings. The van der Waals surface area contributed by atoms with Crippen LogP contribution >= 0.6 is 0 Å². The maximum Gasteiger partial charge on any atom is 0.257 e. The second kappa shape index (κ2) is 6.64. The molecule has 0 saturated heterocycles. The summed E-state index contributed by atoms with van der Waals surface area (Å²) in [7, 11) is 1.71. The van der Waals surface area contributed by atoms with Gasteiger partial charge in [-0.25, -0.2) is 9.07 Å². The average Bonchev–Trinajstić information content (AvgIpc) is 3.26. The van der Waals surface area contributed by atoms with Crippen molar-refractivity contribution in [2.75, 3.05) is 7.05 Å². The minimum atomic E-state index is -0.319. The molecule has 3 aromatic heterocycles. The highest BCUT2D eigenvalue weighted by Crippen LogP contribution is 2.17. The number of fused-ring (bicyclic) bond motifs is 1.